The van der Waals surface area contributed by atoms with Crippen LogP contribution >= 0.6 is 0 Å². The average Bonchev–Trinajstić information content (AvgIpc) is 2.50. The highest BCUT2D eigenvalue weighted by molar-refractivity contribution is 5.66. The van der Waals surface area contributed by atoms with Crippen LogP contribution in [0.4, 0.5) is 0 Å². The summed E-state index contributed by atoms with van der Waals surface area (Å²) in [5, 5.41) is 8.54. The van der Waals surface area contributed by atoms with Crippen molar-refractivity contribution in [3.05, 3.63) is 12.2 Å². The van der Waals surface area contributed by atoms with Gasteiger partial charge in [-0.05, 0) is 32.1 Å². The van der Waals surface area contributed by atoms with Crippen molar-refractivity contribution < 1.29 is 14.6 Å². The Bertz CT molecular complexity index is 274. The van der Waals surface area contributed by atoms with Gasteiger partial charge in [-0.1, -0.05) is 64.0 Å². The number of hydrogen-bond acceptors (Lipinski definition) is 2. The zero-order valence-corrected chi connectivity index (χ0v) is 14.7. The zero-order chi connectivity index (χ0) is 16.5. The quantitative estimate of drug-likeness (QED) is 0.292. The van der Waals surface area contributed by atoms with E-state index in [0.29, 0.717) is 12.5 Å². The van der Waals surface area contributed by atoms with Crippen molar-refractivity contribution in [2.75, 3.05) is 7.11 Å². The third-order valence-electron chi connectivity index (χ3n) is 4.04. The summed E-state index contributed by atoms with van der Waals surface area (Å²) in [6, 6.07) is 0. The molecule has 0 rings (SSSR count). The maximum Gasteiger partial charge on any atom is 0.303 e. The van der Waals surface area contributed by atoms with Gasteiger partial charge in [0.15, 0.2) is 0 Å². The second kappa shape index (κ2) is 16.5. The van der Waals surface area contributed by atoms with Crippen molar-refractivity contribution in [3.63, 3.8) is 0 Å². The van der Waals surface area contributed by atoms with E-state index in [4.69, 9.17) is 9.84 Å². The van der Waals surface area contributed by atoms with Crippen LogP contribution in [0.1, 0.15) is 90.4 Å². The smallest absolute Gasteiger partial charge is 0.303 e. The standard InChI is InChI=1S/C19H36O3/c1-3-4-5-12-15-18(22-2)16-13-10-8-6-7-9-11-14-17-19(20)21/h10,13,18H,3-9,11-12,14-17H2,1-2H3,(H,20,21)/b13-10+. The molecule has 0 radical (unpaired) electrons. The molecule has 0 aliphatic rings. The molecule has 0 heterocycles. The summed E-state index contributed by atoms with van der Waals surface area (Å²) in [7, 11) is 1.81. The molecule has 3 heteroatoms. The normalized spacial score (nSPS) is 12.8. The summed E-state index contributed by atoms with van der Waals surface area (Å²) in [4.78, 5) is 10.4. The fourth-order valence-electron chi connectivity index (χ4n) is 2.57. The SMILES string of the molecule is CCCCCCC(C/C=C/CCCCCCCC(=O)O)OC. The minimum absolute atomic E-state index is 0.316. The Labute approximate surface area is 137 Å². The molecule has 0 aliphatic carbocycles. The monoisotopic (exact) mass is 312 g/mol. The van der Waals surface area contributed by atoms with Crippen molar-refractivity contribution in [1.82, 2.24) is 0 Å². The summed E-state index contributed by atoms with van der Waals surface area (Å²) in [5.41, 5.74) is 0. The molecule has 0 spiro atoms. The second-order valence-corrected chi connectivity index (χ2v) is 6.11. The third kappa shape index (κ3) is 15.6. The molecule has 1 unspecified atom stereocenters. The number of carbonyl (C=O) groups is 1. The highest BCUT2D eigenvalue weighted by atomic mass is 16.5. The van der Waals surface area contributed by atoms with Gasteiger partial charge in [-0.3, -0.25) is 4.79 Å². The van der Waals surface area contributed by atoms with Gasteiger partial charge >= 0.3 is 5.97 Å². The van der Waals surface area contributed by atoms with E-state index in [1.54, 1.807) is 0 Å². The van der Waals surface area contributed by atoms with Crippen LogP contribution in [-0.2, 0) is 9.53 Å². The Kier molecular flexibility index (Phi) is 15.9. The van der Waals surface area contributed by atoms with Gasteiger partial charge in [0.05, 0.1) is 6.10 Å². The van der Waals surface area contributed by atoms with Crippen LogP contribution in [-0.4, -0.2) is 24.3 Å². The number of unbranched alkanes of at least 4 members (excludes halogenated alkanes) is 8. The molecular formula is C19H36O3. The summed E-state index contributed by atoms with van der Waals surface area (Å²) in [6.07, 6.45) is 19.2. The first-order chi connectivity index (χ1) is 10.7. The van der Waals surface area contributed by atoms with E-state index in [2.05, 4.69) is 19.1 Å². The molecule has 130 valence electrons. The van der Waals surface area contributed by atoms with E-state index >= 15 is 0 Å². The number of carboxylic acid groups (broad SMARTS) is 1. The lowest BCUT2D eigenvalue weighted by atomic mass is 10.1. The summed E-state index contributed by atoms with van der Waals surface area (Å²) in [6.45, 7) is 2.24. The molecule has 1 N–H and O–H groups in total. The largest absolute Gasteiger partial charge is 0.481 e. The predicted octanol–water partition coefficient (Wildman–Crippen LogP) is 5.73. The van der Waals surface area contributed by atoms with Crippen LogP contribution in [0.3, 0.4) is 0 Å². The number of hydrogen-bond donors (Lipinski definition) is 1. The first kappa shape index (κ1) is 21.2. The van der Waals surface area contributed by atoms with Crippen LogP contribution in [0.15, 0.2) is 12.2 Å². The molecule has 22 heavy (non-hydrogen) atoms. The molecule has 3 nitrogen and oxygen atoms in total. The second-order valence-electron chi connectivity index (χ2n) is 6.11. The predicted molar refractivity (Wildman–Crippen MR) is 93.3 cm³/mol. The lowest BCUT2D eigenvalue weighted by Gasteiger charge is -2.12. The van der Waals surface area contributed by atoms with Gasteiger partial charge in [0.1, 0.15) is 0 Å². The molecule has 0 saturated carbocycles. The van der Waals surface area contributed by atoms with Gasteiger partial charge < -0.3 is 9.84 Å². The Hall–Kier alpha value is -0.830. The van der Waals surface area contributed by atoms with Crippen LogP contribution in [0.25, 0.3) is 0 Å². The molecule has 0 bridgehead atoms. The van der Waals surface area contributed by atoms with E-state index in [1.165, 1.54) is 44.9 Å². The first-order valence-corrected chi connectivity index (χ1v) is 9.10. The lowest BCUT2D eigenvalue weighted by Crippen LogP contribution is -2.08. The molecule has 1 atom stereocenters. The van der Waals surface area contributed by atoms with Gasteiger partial charge in [-0.25, -0.2) is 0 Å². The van der Waals surface area contributed by atoms with Gasteiger partial charge in [-0.15, -0.1) is 0 Å². The van der Waals surface area contributed by atoms with E-state index in [0.717, 1.165) is 32.1 Å². The molecule has 0 aromatic carbocycles. The molecule has 0 amide bonds. The van der Waals surface area contributed by atoms with Gasteiger partial charge in [0.2, 0.25) is 0 Å². The van der Waals surface area contributed by atoms with Gasteiger partial charge in [0, 0.05) is 13.5 Å². The molecule has 0 saturated heterocycles. The Morgan fingerprint density at radius 3 is 2.36 bits per heavy atom. The lowest BCUT2D eigenvalue weighted by molar-refractivity contribution is -0.137. The van der Waals surface area contributed by atoms with Crippen LogP contribution in [0.5, 0.6) is 0 Å². The molecule has 0 aromatic rings. The van der Waals surface area contributed by atoms with Crippen LogP contribution < -0.4 is 0 Å². The maximum atomic E-state index is 10.4. The zero-order valence-electron chi connectivity index (χ0n) is 14.7. The van der Waals surface area contributed by atoms with E-state index in [1.807, 2.05) is 7.11 Å². The minimum atomic E-state index is -0.676. The topological polar surface area (TPSA) is 46.5 Å². The van der Waals surface area contributed by atoms with E-state index in [9.17, 15) is 4.79 Å². The molecule has 0 aromatic heterocycles. The number of ether oxygens (including phenoxy) is 1. The minimum Gasteiger partial charge on any atom is -0.481 e. The Balaban J connectivity index is 3.41. The van der Waals surface area contributed by atoms with Crippen molar-refractivity contribution in [2.45, 2.75) is 96.5 Å². The fourth-order valence-corrected chi connectivity index (χ4v) is 2.57. The Morgan fingerprint density at radius 1 is 1.00 bits per heavy atom. The number of allylic oxidation sites excluding steroid dienone is 1. The highest BCUT2D eigenvalue weighted by Gasteiger charge is 2.04. The number of rotatable bonds is 16. The van der Waals surface area contributed by atoms with Gasteiger partial charge in [-0.2, -0.15) is 0 Å². The fraction of sp³-hybridized carbons (Fsp3) is 0.842. The number of aliphatic carboxylic acids is 1. The van der Waals surface area contributed by atoms with E-state index in [-0.39, 0.29) is 0 Å². The third-order valence-corrected chi connectivity index (χ3v) is 4.04. The average molecular weight is 312 g/mol. The van der Waals surface area contributed by atoms with Crippen molar-refractivity contribution in [1.29, 1.82) is 0 Å². The van der Waals surface area contributed by atoms with Gasteiger partial charge in [0.25, 0.3) is 0 Å². The van der Waals surface area contributed by atoms with E-state index < -0.39 is 5.97 Å². The van der Waals surface area contributed by atoms with Crippen molar-refractivity contribution >= 4 is 5.97 Å². The first-order valence-electron chi connectivity index (χ1n) is 9.10. The van der Waals surface area contributed by atoms with Crippen molar-refractivity contribution in [3.8, 4) is 0 Å². The van der Waals surface area contributed by atoms with Crippen molar-refractivity contribution in [2.24, 2.45) is 0 Å². The number of methoxy groups -OCH3 is 1. The number of carboxylic acids is 1. The van der Waals surface area contributed by atoms with Crippen LogP contribution in [0.2, 0.25) is 0 Å². The van der Waals surface area contributed by atoms with Crippen LogP contribution in [0, 0.1) is 0 Å². The summed E-state index contributed by atoms with van der Waals surface area (Å²) < 4.78 is 5.52. The molecule has 0 aliphatic heterocycles. The maximum absolute atomic E-state index is 10.4. The molecule has 0 fully saturated rings. The summed E-state index contributed by atoms with van der Waals surface area (Å²) in [5.74, 6) is -0.676. The highest BCUT2D eigenvalue weighted by Crippen LogP contribution is 2.12. The molecular weight excluding hydrogens is 276 g/mol. The Morgan fingerprint density at radius 2 is 1.68 bits per heavy atom. The summed E-state index contributed by atoms with van der Waals surface area (Å²) >= 11 is 0.